The molecule has 7 N–H and O–H groups in total. The molecule has 1 saturated carbocycles. The van der Waals surface area contributed by atoms with Gasteiger partial charge in [-0.3, -0.25) is 4.79 Å². The first-order chi connectivity index (χ1) is 21.4. The van der Waals surface area contributed by atoms with Crippen molar-refractivity contribution < 1.29 is 59.1 Å². The number of benzene rings is 2. The van der Waals surface area contributed by atoms with E-state index in [2.05, 4.69) is 5.32 Å². The first-order valence-electron chi connectivity index (χ1n) is 14.3. The highest BCUT2D eigenvalue weighted by Gasteiger charge is 2.53. The fourth-order valence-corrected chi connectivity index (χ4v) is 5.55. The Hall–Kier alpha value is -3.24. The molecule has 0 spiro atoms. The van der Waals surface area contributed by atoms with Crippen LogP contribution in [0.25, 0.3) is 6.08 Å². The molecule has 0 bridgehead atoms. The lowest BCUT2D eigenvalue weighted by atomic mass is 9.83. The van der Waals surface area contributed by atoms with Gasteiger partial charge in [0.15, 0.2) is 11.5 Å². The van der Waals surface area contributed by atoms with Gasteiger partial charge < -0.3 is 59.6 Å². The lowest BCUT2D eigenvalue weighted by Crippen LogP contribution is -2.67. The number of rotatable bonds is 9. The fourth-order valence-electron chi connectivity index (χ4n) is 5.42. The number of aromatic hydroxyl groups is 1. The Morgan fingerprint density at radius 1 is 0.956 bits per heavy atom. The molecule has 10 atom stereocenters. The normalized spacial score (nSPS) is 33.5. The average Bonchev–Trinajstić information content (AvgIpc) is 3.62. The van der Waals surface area contributed by atoms with Crippen molar-refractivity contribution in [1.82, 2.24) is 5.32 Å². The maximum Gasteiger partial charge on any atom is 0.247 e. The fraction of sp³-hybridized carbons (Fsp3) is 0.452. The average molecular weight is 650 g/mol. The minimum atomic E-state index is -1.49. The van der Waals surface area contributed by atoms with E-state index in [-0.39, 0.29) is 30.5 Å². The summed E-state index contributed by atoms with van der Waals surface area (Å²) in [5, 5.41) is 66.2. The molecule has 0 radical (unpaired) electrons. The van der Waals surface area contributed by atoms with Crippen LogP contribution in [0.4, 0.5) is 0 Å². The number of ether oxygens (including phenoxy) is 5. The highest BCUT2D eigenvalue weighted by Crippen LogP contribution is 2.34. The molecule has 3 aliphatic rings. The quantitative estimate of drug-likeness (QED) is 0.148. The van der Waals surface area contributed by atoms with E-state index in [9.17, 15) is 35.4 Å². The van der Waals surface area contributed by atoms with Crippen molar-refractivity contribution in [2.24, 2.45) is 0 Å². The molecule has 2 heterocycles. The first-order valence-corrected chi connectivity index (χ1v) is 14.6. The molecule has 5 rings (SSSR count). The molecule has 14 heteroatoms. The lowest BCUT2D eigenvalue weighted by molar-refractivity contribution is -0.155. The summed E-state index contributed by atoms with van der Waals surface area (Å²) in [6, 6.07) is 9.91. The molecule has 0 unspecified atom stereocenters. The third-order valence-electron chi connectivity index (χ3n) is 8.01. The number of hydrogen-bond acceptors (Lipinski definition) is 12. The van der Waals surface area contributed by atoms with Crippen molar-refractivity contribution in [3.8, 4) is 17.2 Å². The summed E-state index contributed by atoms with van der Waals surface area (Å²) >= 11 is 5.88. The standard InChI is InChI=1S/C31H36ClNO12/c1-14(9-10-41-18-6-4-17(32)5-7-18)27-25(38)26(39)31(45-27)44-20-8-3-16(12-19(20)34)11-15(2)30(40)33-21-22(35)24(37)29-28(23(21)36)42-13-43-29/h3-9,11-12,21-29,31,34-39H,10,13H2,1-2H3,(H,33,40)/t21-,22+,23-,24+,25+,26+,27-,28+,29-,31-/m1/s1. The molecule has 244 valence electrons. The summed E-state index contributed by atoms with van der Waals surface area (Å²) in [5.74, 6) is -0.377. The summed E-state index contributed by atoms with van der Waals surface area (Å²) in [7, 11) is 0. The number of phenols is 1. The number of aliphatic hydroxyl groups excluding tert-OH is 5. The minimum Gasteiger partial charge on any atom is -0.504 e. The topological polar surface area (TPSA) is 197 Å². The largest absolute Gasteiger partial charge is 0.504 e. The highest BCUT2D eigenvalue weighted by atomic mass is 35.5. The van der Waals surface area contributed by atoms with Gasteiger partial charge in [0.2, 0.25) is 12.2 Å². The van der Waals surface area contributed by atoms with Crippen molar-refractivity contribution in [3.63, 3.8) is 0 Å². The summed E-state index contributed by atoms with van der Waals surface area (Å²) in [4.78, 5) is 12.9. The first kappa shape index (κ1) is 33.1. The molecule has 13 nitrogen and oxygen atoms in total. The van der Waals surface area contributed by atoms with E-state index in [0.717, 1.165) is 0 Å². The van der Waals surface area contributed by atoms with Crippen molar-refractivity contribution in [2.45, 2.75) is 75.0 Å². The second-order valence-corrected chi connectivity index (χ2v) is 11.6. The number of aliphatic hydroxyl groups is 5. The zero-order valence-corrected chi connectivity index (χ0v) is 25.2. The van der Waals surface area contributed by atoms with Gasteiger partial charge >= 0.3 is 0 Å². The molecule has 2 aliphatic heterocycles. The van der Waals surface area contributed by atoms with Crippen LogP contribution in [0.5, 0.6) is 17.2 Å². The van der Waals surface area contributed by atoms with Crippen LogP contribution < -0.4 is 14.8 Å². The summed E-state index contributed by atoms with van der Waals surface area (Å²) in [6.07, 6.45) is -7.72. The zero-order valence-electron chi connectivity index (χ0n) is 24.4. The van der Waals surface area contributed by atoms with Gasteiger partial charge in [-0.25, -0.2) is 0 Å². The molecule has 2 saturated heterocycles. The molecule has 1 aliphatic carbocycles. The van der Waals surface area contributed by atoms with Crippen molar-refractivity contribution >= 4 is 23.6 Å². The number of carbonyl (C=O) groups is 1. The Labute approximate surface area is 263 Å². The summed E-state index contributed by atoms with van der Waals surface area (Å²) in [6.45, 7) is 3.25. The van der Waals surface area contributed by atoms with E-state index < -0.39 is 67.1 Å². The Morgan fingerprint density at radius 3 is 2.33 bits per heavy atom. The van der Waals surface area contributed by atoms with Crippen LogP contribution in [0, 0.1) is 0 Å². The van der Waals surface area contributed by atoms with Gasteiger partial charge in [0.25, 0.3) is 0 Å². The van der Waals surface area contributed by atoms with Crippen LogP contribution in [0.15, 0.2) is 59.7 Å². The van der Waals surface area contributed by atoms with E-state index in [1.54, 1.807) is 43.3 Å². The van der Waals surface area contributed by atoms with Crippen molar-refractivity contribution in [2.75, 3.05) is 13.4 Å². The molecular weight excluding hydrogens is 614 g/mol. The Bertz CT molecular complexity index is 1420. The van der Waals surface area contributed by atoms with Crippen molar-refractivity contribution in [3.05, 3.63) is 70.3 Å². The second kappa shape index (κ2) is 14.0. The van der Waals surface area contributed by atoms with Crippen LogP contribution in [0.3, 0.4) is 0 Å². The summed E-state index contributed by atoms with van der Waals surface area (Å²) < 4.78 is 27.6. The van der Waals surface area contributed by atoms with E-state index in [4.69, 9.17) is 35.3 Å². The van der Waals surface area contributed by atoms with Gasteiger partial charge in [-0.05, 0) is 73.5 Å². The van der Waals surface area contributed by atoms with Gasteiger partial charge in [0.05, 0.1) is 6.04 Å². The van der Waals surface area contributed by atoms with Gasteiger partial charge in [0, 0.05) is 10.6 Å². The summed E-state index contributed by atoms with van der Waals surface area (Å²) in [5.41, 5.74) is 1.19. The second-order valence-electron chi connectivity index (χ2n) is 11.1. The predicted molar refractivity (Wildman–Crippen MR) is 158 cm³/mol. The van der Waals surface area contributed by atoms with Gasteiger partial charge in [-0.2, -0.15) is 0 Å². The van der Waals surface area contributed by atoms with Crippen LogP contribution in [0.2, 0.25) is 5.02 Å². The monoisotopic (exact) mass is 649 g/mol. The van der Waals surface area contributed by atoms with Gasteiger partial charge in [-0.15, -0.1) is 0 Å². The van der Waals surface area contributed by atoms with E-state index in [0.29, 0.717) is 21.9 Å². The Kier molecular flexibility index (Phi) is 10.3. The third kappa shape index (κ3) is 7.27. The molecule has 2 aromatic rings. The number of halogens is 1. The molecule has 1 amide bonds. The van der Waals surface area contributed by atoms with Crippen LogP contribution in [0.1, 0.15) is 19.4 Å². The molecule has 2 aromatic carbocycles. The molecule has 0 aromatic heterocycles. The number of hydrogen-bond donors (Lipinski definition) is 7. The smallest absolute Gasteiger partial charge is 0.247 e. The van der Waals surface area contributed by atoms with Gasteiger partial charge in [-0.1, -0.05) is 17.7 Å². The van der Waals surface area contributed by atoms with E-state index >= 15 is 0 Å². The number of phenolic OH excluding ortho intramolecular Hbond substituents is 1. The predicted octanol–water partition coefficient (Wildman–Crippen LogP) is 0.622. The molecule has 45 heavy (non-hydrogen) atoms. The highest BCUT2D eigenvalue weighted by molar-refractivity contribution is 6.30. The number of amides is 1. The number of carbonyl (C=O) groups excluding carboxylic acids is 1. The van der Waals surface area contributed by atoms with Crippen LogP contribution in [-0.4, -0.2) is 111 Å². The number of nitrogens with one attached hydrogen (secondary N) is 1. The van der Waals surface area contributed by atoms with Crippen LogP contribution >= 0.6 is 11.6 Å². The molecule has 3 fully saturated rings. The number of fused-ring (bicyclic) bond motifs is 1. The lowest BCUT2D eigenvalue weighted by Gasteiger charge is -2.41. The Balaban J connectivity index is 1.18. The van der Waals surface area contributed by atoms with Crippen molar-refractivity contribution in [1.29, 1.82) is 0 Å². The third-order valence-corrected chi connectivity index (χ3v) is 8.26. The Morgan fingerprint density at radius 2 is 1.64 bits per heavy atom. The minimum absolute atomic E-state index is 0.0327. The van der Waals surface area contributed by atoms with Crippen LogP contribution in [-0.2, 0) is 19.0 Å². The zero-order chi connectivity index (χ0) is 32.4. The molecular formula is C31H36ClNO12. The maximum absolute atomic E-state index is 12.9. The van der Waals surface area contributed by atoms with E-state index in [1.165, 1.54) is 25.1 Å². The van der Waals surface area contributed by atoms with E-state index in [1.807, 2.05) is 0 Å². The SMILES string of the molecule is CC(=Cc1ccc(O[C@@H]2O[C@H](C(C)=CCOc3ccc(Cl)cc3)[C@@H](O)[C@@H]2O)c(O)c1)C(=O)N[C@@H]1[C@H](O)[C@H](O)[C@H]2OCO[C@H]2[C@@H]1O. The van der Waals surface area contributed by atoms with Gasteiger partial charge in [0.1, 0.15) is 68.0 Å². The maximum atomic E-state index is 12.9.